The molecule has 3 heterocycles. The van der Waals surface area contributed by atoms with E-state index >= 15 is 0 Å². The average molecular weight is 335 g/mol. The molecule has 5 aromatic rings. The van der Waals surface area contributed by atoms with Crippen LogP contribution in [0.5, 0.6) is 0 Å². The van der Waals surface area contributed by atoms with Gasteiger partial charge in [-0.15, -0.1) is 5.10 Å². The molecule has 0 fully saturated rings. The summed E-state index contributed by atoms with van der Waals surface area (Å²) in [5.74, 6) is 0. The van der Waals surface area contributed by atoms with Crippen LogP contribution in [0.4, 0.5) is 0 Å². The fourth-order valence-corrected chi connectivity index (χ4v) is 3.42. The molecule has 122 valence electrons. The van der Waals surface area contributed by atoms with E-state index in [2.05, 4.69) is 26.8 Å². The first-order valence-electron chi connectivity index (χ1n) is 8.28. The summed E-state index contributed by atoms with van der Waals surface area (Å²) >= 11 is 0. The van der Waals surface area contributed by atoms with Crippen LogP contribution in [0.25, 0.3) is 33.4 Å². The molecule has 3 aromatic heterocycles. The number of pyridine rings is 1. The molecule has 5 rings (SSSR count). The van der Waals surface area contributed by atoms with E-state index in [4.69, 9.17) is 0 Å². The highest BCUT2D eigenvalue weighted by molar-refractivity contribution is 5.98. The van der Waals surface area contributed by atoms with Gasteiger partial charge in [-0.2, -0.15) is 9.94 Å². The zero-order valence-electron chi connectivity index (χ0n) is 13.7. The van der Waals surface area contributed by atoms with E-state index in [1.165, 1.54) is 0 Å². The van der Waals surface area contributed by atoms with Gasteiger partial charge in [-0.25, -0.2) is 0 Å². The smallest absolute Gasteiger partial charge is 0.172 e. The first-order chi connectivity index (χ1) is 12.9. The van der Waals surface area contributed by atoms with Gasteiger partial charge in [0.2, 0.25) is 0 Å². The zero-order valence-corrected chi connectivity index (χ0v) is 13.7. The summed E-state index contributed by atoms with van der Waals surface area (Å²) < 4.78 is 3.76. The molecule has 0 atom stereocenters. The molecule has 0 N–H and O–H groups in total. The fourth-order valence-electron chi connectivity index (χ4n) is 3.42. The van der Waals surface area contributed by atoms with Gasteiger partial charge in [0.15, 0.2) is 5.69 Å². The first kappa shape index (κ1) is 14.4. The molecular formula is C21H13N5. The molecule has 5 nitrogen and oxygen atoms in total. The highest BCUT2D eigenvalue weighted by Crippen LogP contribution is 2.32. The Morgan fingerprint density at radius 2 is 1.54 bits per heavy atom. The maximum atomic E-state index is 9.83. The molecule has 2 aromatic carbocycles. The third-order valence-electron chi connectivity index (χ3n) is 4.56. The standard InChI is InChI=1S/C21H13N5/c22-14-19-20(15-8-2-1-3-9-15)23-24-26(19)21-16-10-4-5-11-17(16)25-13-7-6-12-18(21)25/h1-13H. The molecule has 0 aliphatic rings. The van der Waals surface area contributed by atoms with Gasteiger partial charge in [0, 0.05) is 17.1 Å². The van der Waals surface area contributed by atoms with Crippen molar-refractivity contribution in [2.24, 2.45) is 0 Å². The normalized spacial score (nSPS) is 11.0. The highest BCUT2D eigenvalue weighted by atomic mass is 15.4. The Morgan fingerprint density at radius 3 is 2.38 bits per heavy atom. The second-order valence-electron chi connectivity index (χ2n) is 6.00. The van der Waals surface area contributed by atoms with Crippen molar-refractivity contribution in [1.82, 2.24) is 19.4 Å². The molecule has 0 saturated carbocycles. The minimum atomic E-state index is 0.429. The Bertz CT molecular complexity index is 1240. The van der Waals surface area contributed by atoms with Crippen LogP contribution in [0.2, 0.25) is 0 Å². The highest BCUT2D eigenvalue weighted by Gasteiger charge is 2.20. The molecule has 0 aliphatic heterocycles. The first-order valence-corrected chi connectivity index (χ1v) is 8.28. The van der Waals surface area contributed by atoms with E-state index in [0.717, 1.165) is 27.7 Å². The number of rotatable bonds is 2. The van der Waals surface area contributed by atoms with Gasteiger partial charge in [0.1, 0.15) is 17.5 Å². The summed E-state index contributed by atoms with van der Waals surface area (Å²) in [6, 6.07) is 26.1. The average Bonchev–Trinajstić information content (AvgIpc) is 3.27. The van der Waals surface area contributed by atoms with E-state index in [0.29, 0.717) is 11.4 Å². The molecule has 0 spiro atoms. The minimum absolute atomic E-state index is 0.429. The molecule has 0 aliphatic carbocycles. The van der Waals surface area contributed by atoms with Gasteiger partial charge < -0.3 is 4.40 Å². The monoisotopic (exact) mass is 335 g/mol. The van der Waals surface area contributed by atoms with Crippen molar-refractivity contribution in [1.29, 1.82) is 5.26 Å². The van der Waals surface area contributed by atoms with Crippen molar-refractivity contribution in [3.63, 3.8) is 0 Å². The SMILES string of the molecule is N#Cc1c(-c2ccccc2)nnn1-c1c2ccccc2n2ccccc12. The molecule has 0 unspecified atom stereocenters. The maximum Gasteiger partial charge on any atom is 0.172 e. The van der Waals surface area contributed by atoms with Gasteiger partial charge in [-0.1, -0.05) is 59.8 Å². The number of aromatic nitrogens is 4. The van der Waals surface area contributed by atoms with Crippen LogP contribution in [0.3, 0.4) is 0 Å². The summed E-state index contributed by atoms with van der Waals surface area (Å²) in [4.78, 5) is 0. The second-order valence-corrected chi connectivity index (χ2v) is 6.00. The summed E-state index contributed by atoms with van der Waals surface area (Å²) in [5.41, 5.74) is 4.81. The molecule has 5 heteroatoms. The summed E-state index contributed by atoms with van der Waals surface area (Å²) in [7, 11) is 0. The molecule has 0 saturated heterocycles. The Morgan fingerprint density at radius 1 is 0.808 bits per heavy atom. The minimum Gasteiger partial charge on any atom is -0.314 e. The van der Waals surface area contributed by atoms with E-state index in [1.807, 2.05) is 72.9 Å². The van der Waals surface area contributed by atoms with Crippen LogP contribution in [-0.2, 0) is 0 Å². The number of hydrogen-bond donors (Lipinski definition) is 0. The predicted octanol–water partition coefficient (Wildman–Crippen LogP) is 4.21. The summed E-state index contributed by atoms with van der Waals surface area (Å²) in [6.07, 6.45) is 2.02. The lowest BCUT2D eigenvalue weighted by atomic mass is 10.1. The van der Waals surface area contributed by atoms with Crippen molar-refractivity contribution in [2.75, 3.05) is 0 Å². The number of hydrogen-bond acceptors (Lipinski definition) is 3. The van der Waals surface area contributed by atoms with Gasteiger partial charge in [-0.3, -0.25) is 0 Å². The van der Waals surface area contributed by atoms with Crippen LogP contribution < -0.4 is 0 Å². The number of para-hydroxylation sites is 1. The van der Waals surface area contributed by atoms with Crippen molar-refractivity contribution >= 4 is 16.4 Å². The molecule has 0 radical (unpaired) electrons. The van der Waals surface area contributed by atoms with Crippen molar-refractivity contribution < 1.29 is 0 Å². The van der Waals surface area contributed by atoms with E-state index < -0.39 is 0 Å². The number of nitrogens with zero attached hydrogens (tertiary/aromatic N) is 5. The molecular weight excluding hydrogens is 322 g/mol. The fraction of sp³-hybridized carbons (Fsp3) is 0. The van der Waals surface area contributed by atoms with Crippen LogP contribution >= 0.6 is 0 Å². The Labute approximate surface area is 149 Å². The lowest BCUT2D eigenvalue weighted by molar-refractivity contribution is 0.805. The van der Waals surface area contributed by atoms with Gasteiger partial charge in [-0.05, 0) is 18.2 Å². The van der Waals surface area contributed by atoms with E-state index in [9.17, 15) is 5.26 Å². The Hall–Kier alpha value is -3.91. The quantitative estimate of drug-likeness (QED) is 0.485. The number of benzene rings is 2. The molecule has 26 heavy (non-hydrogen) atoms. The second kappa shape index (κ2) is 5.57. The molecule has 0 amide bonds. The summed E-state index contributed by atoms with van der Waals surface area (Å²) in [5, 5.41) is 19.5. The predicted molar refractivity (Wildman–Crippen MR) is 100.0 cm³/mol. The van der Waals surface area contributed by atoms with E-state index in [-0.39, 0.29) is 0 Å². The van der Waals surface area contributed by atoms with Crippen LogP contribution in [0.15, 0.2) is 79.0 Å². The van der Waals surface area contributed by atoms with Crippen LogP contribution in [-0.4, -0.2) is 19.4 Å². The zero-order chi connectivity index (χ0) is 17.5. The maximum absolute atomic E-state index is 9.83. The molecule has 0 bridgehead atoms. The van der Waals surface area contributed by atoms with Crippen molar-refractivity contribution in [2.45, 2.75) is 0 Å². The van der Waals surface area contributed by atoms with Crippen LogP contribution in [0.1, 0.15) is 5.69 Å². The number of fused-ring (bicyclic) bond motifs is 3. The Kier molecular flexibility index (Phi) is 3.09. The van der Waals surface area contributed by atoms with Crippen molar-refractivity contribution in [3.8, 4) is 23.0 Å². The van der Waals surface area contributed by atoms with Crippen LogP contribution in [0, 0.1) is 11.3 Å². The van der Waals surface area contributed by atoms with Gasteiger partial charge in [0.25, 0.3) is 0 Å². The van der Waals surface area contributed by atoms with Gasteiger partial charge in [0.05, 0.1) is 11.0 Å². The van der Waals surface area contributed by atoms with Gasteiger partial charge >= 0.3 is 0 Å². The van der Waals surface area contributed by atoms with E-state index in [1.54, 1.807) is 4.68 Å². The largest absolute Gasteiger partial charge is 0.314 e. The summed E-state index contributed by atoms with van der Waals surface area (Å²) in [6.45, 7) is 0. The van der Waals surface area contributed by atoms with Crippen molar-refractivity contribution in [3.05, 3.63) is 84.7 Å². The lowest BCUT2D eigenvalue weighted by Gasteiger charge is -2.02. The Balaban J connectivity index is 1.87. The topological polar surface area (TPSA) is 58.9 Å². The third-order valence-corrected chi connectivity index (χ3v) is 4.56. The third kappa shape index (κ3) is 1.96. The number of nitriles is 1. The lowest BCUT2D eigenvalue weighted by Crippen LogP contribution is -2.00.